The monoisotopic (exact) mass is 460 g/mol. The molecule has 0 spiro atoms. The molecule has 1 unspecified atom stereocenters. The van der Waals surface area contributed by atoms with E-state index in [9.17, 15) is 13.2 Å². The molecule has 0 radical (unpaired) electrons. The van der Waals surface area contributed by atoms with Crippen LogP contribution < -0.4 is 5.32 Å². The number of hydrogen-bond donors (Lipinski definition) is 1. The second kappa shape index (κ2) is 8.24. The maximum absolute atomic E-state index is 14.0. The van der Waals surface area contributed by atoms with Gasteiger partial charge in [0.15, 0.2) is 11.6 Å². The van der Waals surface area contributed by atoms with Gasteiger partial charge in [0.25, 0.3) is 0 Å². The van der Waals surface area contributed by atoms with Crippen LogP contribution in [0, 0.1) is 34.7 Å². The molecule has 2 aromatic rings. The Hall–Kier alpha value is -2.19. The summed E-state index contributed by atoms with van der Waals surface area (Å²) >= 11 is 0. The Morgan fingerprint density at radius 1 is 1.12 bits per heavy atom. The summed E-state index contributed by atoms with van der Waals surface area (Å²) in [5, 5.41) is 11.4. The third-order valence-electron chi connectivity index (χ3n) is 7.99. The molecule has 176 valence electrons. The standard InChI is InChI=1S/C25H29F3N4O/c26-17-10-19(24(28)20(27)11-17)21-3-4-23(31-30-21)29-18-8-15-12-32(13-16(15)9-18)14-25-5-1-2-22(25)33-7-6-25/h3-4,10-11,15-16,18,22H,1-2,5-9,12-14H2,(H,29,31)/t15-,16+,18?,22-,25-/m1/s1/i14D2. The lowest BCUT2D eigenvalue weighted by Crippen LogP contribution is -2.39. The number of hydrogen-bond acceptors (Lipinski definition) is 5. The highest BCUT2D eigenvalue weighted by molar-refractivity contribution is 5.60. The summed E-state index contributed by atoms with van der Waals surface area (Å²) in [6.07, 6.45) is 5.59. The Labute approximate surface area is 194 Å². The van der Waals surface area contributed by atoms with E-state index in [-0.39, 0.29) is 28.8 Å². The van der Waals surface area contributed by atoms with Crippen LogP contribution in [-0.2, 0) is 4.74 Å². The molecule has 4 fully saturated rings. The minimum Gasteiger partial charge on any atom is -0.378 e. The van der Waals surface area contributed by atoms with E-state index in [2.05, 4.69) is 20.4 Å². The normalized spacial score (nSPS) is 34.8. The fraction of sp³-hybridized carbons (Fsp3) is 0.600. The van der Waals surface area contributed by atoms with Gasteiger partial charge < -0.3 is 15.0 Å². The fourth-order valence-electron chi connectivity index (χ4n) is 6.46. The van der Waals surface area contributed by atoms with Gasteiger partial charge in [0.05, 0.1) is 11.8 Å². The van der Waals surface area contributed by atoms with Gasteiger partial charge in [-0.25, -0.2) is 13.2 Å². The Kier molecular flexibility index (Phi) is 4.78. The predicted molar refractivity (Wildman–Crippen MR) is 118 cm³/mol. The molecule has 6 rings (SSSR count). The molecule has 1 aromatic heterocycles. The summed E-state index contributed by atoms with van der Waals surface area (Å²) in [7, 11) is 0. The fourth-order valence-corrected chi connectivity index (χ4v) is 6.46. The zero-order valence-corrected chi connectivity index (χ0v) is 18.4. The summed E-state index contributed by atoms with van der Waals surface area (Å²) in [5.41, 5.74) is -0.568. The molecule has 1 N–H and O–H groups in total. The van der Waals surface area contributed by atoms with E-state index in [0.717, 1.165) is 57.7 Å². The van der Waals surface area contributed by atoms with E-state index >= 15 is 0 Å². The molecule has 4 aliphatic rings. The van der Waals surface area contributed by atoms with Gasteiger partial charge in [-0.05, 0) is 62.1 Å². The molecule has 33 heavy (non-hydrogen) atoms. The molecule has 2 saturated heterocycles. The van der Waals surface area contributed by atoms with E-state index < -0.39 is 23.9 Å². The van der Waals surface area contributed by atoms with Gasteiger partial charge in [-0.15, -0.1) is 10.2 Å². The zero-order valence-electron chi connectivity index (χ0n) is 20.4. The third-order valence-corrected chi connectivity index (χ3v) is 7.99. The van der Waals surface area contributed by atoms with Gasteiger partial charge in [-0.3, -0.25) is 0 Å². The molecule has 5 atom stereocenters. The molecule has 0 amide bonds. The first kappa shape index (κ1) is 19.2. The minimum absolute atomic E-state index is 0.0475. The van der Waals surface area contributed by atoms with Crippen LogP contribution in [0.3, 0.4) is 0 Å². The van der Waals surface area contributed by atoms with E-state index in [4.69, 9.17) is 7.48 Å². The maximum atomic E-state index is 14.0. The highest BCUT2D eigenvalue weighted by Crippen LogP contribution is 2.49. The van der Waals surface area contributed by atoms with E-state index in [0.29, 0.717) is 30.3 Å². The van der Waals surface area contributed by atoms with Crippen LogP contribution in [0.4, 0.5) is 19.0 Å². The van der Waals surface area contributed by atoms with Crippen molar-refractivity contribution in [3.63, 3.8) is 0 Å². The van der Waals surface area contributed by atoms with Gasteiger partial charge in [-0.2, -0.15) is 0 Å². The summed E-state index contributed by atoms with van der Waals surface area (Å²) in [5.74, 6) is -1.93. The van der Waals surface area contributed by atoms with E-state index in [1.54, 1.807) is 6.07 Å². The number of benzene rings is 1. The Bertz CT molecular complexity index is 1090. The summed E-state index contributed by atoms with van der Waals surface area (Å²) in [6, 6.07) is 4.74. The Morgan fingerprint density at radius 3 is 2.70 bits per heavy atom. The van der Waals surface area contributed by atoms with Crippen LogP contribution in [0.25, 0.3) is 11.3 Å². The van der Waals surface area contributed by atoms with Gasteiger partial charge in [-0.1, -0.05) is 6.42 Å². The van der Waals surface area contributed by atoms with Crippen molar-refractivity contribution in [3.05, 3.63) is 41.7 Å². The smallest absolute Gasteiger partial charge is 0.168 e. The molecule has 1 aromatic carbocycles. The molecular weight excluding hydrogens is 429 g/mol. The number of aromatic nitrogens is 2. The second-order valence-electron chi connectivity index (χ2n) is 10.1. The Morgan fingerprint density at radius 2 is 1.94 bits per heavy atom. The van der Waals surface area contributed by atoms with Crippen molar-refractivity contribution in [1.82, 2.24) is 15.1 Å². The van der Waals surface area contributed by atoms with Crippen LogP contribution in [-0.4, -0.2) is 53.4 Å². The minimum atomic E-state index is -1.36. The molecule has 5 nitrogen and oxygen atoms in total. The molecule has 3 heterocycles. The lowest BCUT2D eigenvalue weighted by Gasteiger charge is -2.33. The number of likely N-dealkylation sites (tertiary alicyclic amines) is 1. The number of fused-ring (bicyclic) bond motifs is 2. The first-order valence-corrected chi connectivity index (χ1v) is 11.9. The van der Waals surface area contributed by atoms with Crippen molar-refractivity contribution in [2.24, 2.45) is 17.3 Å². The van der Waals surface area contributed by atoms with Crippen LogP contribution in [0.5, 0.6) is 0 Å². The number of nitrogens with one attached hydrogen (secondary N) is 1. The number of anilines is 1. The predicted octanol–water partition coefficient (Wildman–Crippen LogP) is 4.64. The quantitative estimate of drug-likeness (QED) is 0.659. The average molecular weight is 461 g/mol. The highest BCUT2D eigenvalue weighted by Gasteiger charge is 2.50. The van der Waals surface area contributed by atoms with E-state index in [1.165, 1.54) is 6.07 Å². The molecule has 0 bridgehead atoms. The van der Waals surface area contributed by atoms with Crippen molar-refractivity contribution in [2.75, 3.05) is 31.5 Å². The van der Waals surface area contributed by atoms with E-state index in [1.807, 2.05) is 0 Å². The van der Waals surface area contributed by atoms with Gasteiger partial charge in [0.2, 0.25) is 0 Å². The highest BCUT2D eigenvalue weighted by atomic mass is 19.2. The lowest BCUT2D eigenvalue weighted by molar-refractivity contribution is 0.0521. The first-order chi connectivity index (χ1) is 16.8. The Balaban J connectivity index is 1.09. The molecule has 2 saturated carbocycles. The third kappa shape index (κ3) is 3.91. The molecule has 8 heteroatoms. The number of halogens is 3. The largest absolute Gasteiger partial charge is 0.378 e. The first-order valence-electron chi connectivity index (χ1n) is 12.9. The van der Waals surface area contributed by atoms with Gasteiger partial charge in [0, 0.05) is 52.0 Å². The summed E-state index contributed by atoms with van der Waals surface area (Å²) in [4.78, 5) is 2.08. The average Bonchev–Trinajstić information content (AvgIpc) is 3.56. The summed E-state index contributed by atoms with van der Waals surface area (Å²) in [6.45, 7) is 0.807. The van der Waals surface area contributed by atoms with Gasteiger partial charge >= 0.3 is 0 Å². The topological polar surface area (TPSA) is 50.3 Å². The number of rotatable bonds is 5. The van der Waals surface area contributed by atoms with Crippen LogP contribution in [0.2, 0.25) is 0 Å². The van der Waals surface area contributed by atoms with Crippen LogP contribution >= 0.6 is 0 Å². The van der Waals surface area contributed by atoms with Crippen LogP contribution in [0.1, 0.15) is 41.3 Å². The summed E-state index contributed by atoms with van der Waals surface area (Å²) < 4.78 is 65.2. The zero-order chi connectivity index (χ0) is 24.4. The molecule has 2 aliphatic heterocycles. The van der Waals surface area contributed by atoms with Crippen molar-refractivity contribution in [3.8, 4) is 11.3 Å². The van der Waals surface area contributed by atoms with Crippen molar-refractivity contribution < 1.29 is 20.6 Å². The number of ether oxygens (including phenoxy) is 1. The van der Waals surface area contributed by atoms with Crippen molar-refractivity contribution in [1.29, 1.82) is 0 Å². The van der Waals surface area contributed by atoms with Crippen molar-refractivity contribution in [2.45, 2.75) is 50.7 Å². The SMILES string of the molecule is [2H]C([2H])(N1C[C@H]2CC(Nc3ccc(-c4cc(F)cc(F)c4F)nn3)C[C@H]2C1)[C@]12CCC[C@H]1OCC2. The maximum Gasteiger partial charge on any atom is 0.168 e. The van der Waals surface area contributed by atoms with Crippen LogP contribution in [0.15, 0.2) is 24.3 Å². The second-order valence-corrected chi connectivity index (χ2v) is 10.1. The van der Waals surface area contributed by atoms with Crippen molar-refractivity contribution >= 4 is 5.82 Å². The molecular formula is C25H29F3N4O. The lowest BCUT2D eigenvalue weighted by atomic mass is 9.82. The van der Waals surface area contributed by atoms with Gasteiger partial charge in [0.1, 0.15) is 11.6 Å². The number of nitrogens with zero attached hydrogens (tertiary/aromatic N) is 3. The molecule has 2 aliphatic carbocycles.